The molecule has 0 N–H and O–H groups in total. The quantitative estimate of drug-likeness (QED) is 0.738. The molecule has 0 spiro atoms. The highest BCUT2D eigenvalue weighted by Gasteiger charge is 2.37. The van der Waals surface area contributed by atoms with Gasteiger partial charge in [0, 0.05) is 19.2 Å². The summed E-state index contributed by atoms with van der Waals surface area (Å²) in [5.41, 5.74) is 1.65. The number of rotatable bonds is 6. The third kappa shape index (κ3) is 4.17. The number of sulfonamides is 1. The summed E-state index contributed by atoms with van der Waals surface area (Å²) in [5, 5.41) is 0. The molecular weight excluding hydrogens is 380 g/mol. The van der Waals surface area contributed by atoms with Crippen molar-refractivity contribution in [2.45, 2.75) is 19.2 Å². The van der Waals surface area contributed by atoms with Crippen molar-refractivity contribution < 1.29 is 22.7 Å². The smallest absolute Gasteiger partial charge is 0.268 e. The first-order valence-corrected chi connectivity index (χ1v) is 10.5. The third-order valence-corrected chi connectivity index (χ3v) is 6.15. The summed E-state index contributed by atoms with van der Waals surface area (Å²) < 4.78 is 31.0. The van der Waals surface area contributed by atoms with Crippen LogP contribution in [0.15, 0.2) is 48.5 Å². The van der Waals surface area contributed by atoms with E-state index in [2.05, 4.69) is 0 Å². The molecule has 8 heteroatoms. The first-order chi connectivity index (χ1) is 13.3. The summed E-state index contributed by atoms with van der Waals surface area (Å²) in [5.74, 6) is -0.663. The molecule has 1 aliphatic heterocycles. The number of amides is 2. The molecule has 0 atom stereocenters. The normalized spacial score (nSPS) is 15.1. The van der Waals surface area contributed by atoms with Crippen LogP contribution >= 0.6 is 0 Å². The van der Waals surface area contributed by atoms with Crippen LogP contribution in [0.1, 0.15) is 28.4 Å². The van der Waals surface area contributed by atoms with E-state index in [0.717, 1.165) is 11.3 Å². The Bertz CT molecular complexity index is 986. The maximum Gasteiger partial charge on any atom is 0.268 e. The van der Waals surface area contributed by atoms with Crippen LogP contribution in [0.2, 0.25) is 0 Å². The molecule has 28 heavy (non-hydrogen) atoms. The van der Waals surface area contributed by atoms with E-state index < -0.39 is 28.4 Å². The van der Waals surface area contributed by atoms with Crippen molar-refractivity contribution in [2.24, 2.45) is 0 Å². The summed E-state index contributed by atoms with van der Waals surface area (Å²) in [7, 11) is -2.30. The highest BCUT2D eigenvalue weighted by molar-refractivity contribution is 7.89. The fourth-order valence-corrected chi connectivity index (χ4v) is 4.48. The molecule has 148 valence electrons. The predicted octanol–water partition coefficient (Wildman–Crippen LogP) is 2.03. The van der Waals surface area contributed by atoms with Crippen molar-refractivity contribution in [3.8, 4) is 5.75 Å². The fourth-order valence-electron chi connectivity index (χ4n) is 3.02. The maximum atomic E-state index is 12.6. The van der Waals surface area contributed by atoms with Crippen molar-refractivity contribution >= 4 is 21.8 Å². The molecule has 2 aromatic carbocycles. The van der Waals surface area contributed by atoms with Gasteiger partial charge in [0.1, 0.15) is 12.3 Å². The van der Waals surface area contributed by atoms with Gasteiger partial charge in [-0.3, -0.25) is 9.59 Å². The molecule has 1 heterocycles. The lowest BCUT2D eigenvalue weighted by Crippen LogP contribution is -2.47. The zero-order valence-electron chi connectivity index (χ0n) is 15.8. The number of hydrogen-bond acceptors (Lipinski definition) is 5. The van der Waals surface area contributed by atoms with Gasteiger partial charge in [0.2, 0.25) is 15.9 Å². The number of likely N-dealkylation sites (N-methyl/N-ethyl adjacent to an activating group) is 1. The van der Waals surface area contributed by atoms with Gasteiger partial charge >= 0.3 is 0 Å². The number of nitrogens with zero attached hydrogens (tertiary/aromatic N) is 2. The van der Waals surface area contributed by atoms with E-state index in [1.54, 1.807) is 31.3 Å². The van der Waals surface area contributed by atoms with E-state index in [-0.39, 0.29) is 5.75 Å². The van der Waals surface area contributed by atoms with E-state index in [4.69, 9.17) is 4.74 Å². The summed E-state index contributed by atoms with van der Waals surface area (Å²) >= 11 is 0. The van der Waals surface area contributed by atoms with Crippen molar-refractivity contribution in [1.82, 2.24) is 9.21 Å². The summed E-state index contributed by atoms with van der Waals surface area (Å²) in [6.07, 6.45) is 0. The third-order valence-electron chi connectivity index (χ3n) is 4.51. The lowest BCUT2D eigenvalue weighted by Gasteiger charge is -2.29. The Morgan fingerprint density at radius 1 is 1.14 bits per heavy atom. The Morgan fingerprint density at radius 2 is 1.82 bits per heavy atom. The average molecular weight is 402 g/mol. The molecule has 0 saturated heterocycles. The summed E-state index contributed by atoms with van der Waals surface area (Å²) in [6, 6.07) is 13.9. The molecule has 0 unspecified atom stereocenters. The second-order valence-electron chi connectivity index (χ2n) is 6.55. The highest BCUT2D eigenvalue weighted by atomic mass is 32.2. The van der Waals surface area contributed by atoms with E-state index in [1.807, 2.05) is 31.2 Å². The van der Waals surface area contributed by atoms with Crippen LogP contribution in [0.5, 0.6) is 5.75 Å². The molecule has 7 nitrogen and oxygen atoms in total. The van der Waals surface area contributed by atoms with Crippen LogP contribution in [0.25, 0.3) is 0 Å². The number of benzene rings is 2. The summed E-state index contributed by atoms with van der Waals surface area (Å²) in [6.45, 7) is 2.25. The van der Waals surface area contributed by atoms with Gasteiger partial charge in [-0.15, -0.1) is 0 Å². The number of carbonyl (C=O) groups excluding carboxylic acids is 2. The lowest BCUT2D eigenvalue weighted by atomic mass is 10.1. The molecule has 1 aliphatic rings. The first kappa shape index (κ1) is 19.9. The minimum absolute atomic E-state index is 0.287. The predicted molar refractivity (Wildman–Crippen MR) is 104 cm³/mol. The maximum absolute atomic E-state index is 12.6. The minimum atomic E-state index is -3.88. The van der Waals surface area contributed by atoms with Crippen LogP contribution < -0.4 is 4.74 Å². The van der Waals surface area contributed by atoms with Crippen molar-refractivity contribution in [3.05, 3.63) is 65.2 Å². The molecule has 3 rings (SSSR count). The Balaban J connectivity index is 1.70. The van der Waals surface area contributed by atoms with Gasteiger partial charge in [-0.1, -0.05) is 30.3 Å². The second-order valence-corrected chi connectivity index (χ2v) is 8.45. The molecule has 0 fully saturated rings. The molecule has 2 amide bonds. The first-order valence-electron chi connectivity index (χ1n) is 8.90. The Kier molecular flexibility index (Phi) is 5.69. The van der Waals surface area contributed by atoms with Crippen LogP contribution in [0, 0.1) is 0 Å². The summed E-state index contributed by atoms with van der Waals surface area (Å²) in [4.78, 5) is 26.6. The Hall–Kier alpha value is -2.87. The van der Waals surface area contributed by atoms with E-state index in [9.17, 15) is 18.0 Å². The second kappa shape index (κ2) is 8.02. The van der Waals surface area contributed by atoms with Gasteiger partial charge in [0.25, 0.3) is 5.91 Å². The standard InChI is InChI=1S/C20H22N2O5S/c1-3-27-17-10-8-15(9-11-17)12-21(2)19(23)13-22-20(24)18-7-5-4-6-16(18)14-28(22,25)26/h4-11H,3,12-14H2,1-2H3. The molecule has 0 saturated carbocycles. The van der Waals surface area contributed by atoms with Crippen molar-refractivity contribution in [1.29, 1.82) is 0 Å². The van der Waals surface area contributed by atoms with Crippen LogP contribution in [-0.4, -0.2) is 49.6 Å². The SMILES string of the molecule is CCOc1ccc(CN(C)C(=O)CN2C(=O)c3ccccc3CS2(=O)=O)cc1. The van der Waals surface area contributed by atoms with Crippen molar-refractivity contribution in [3.63, 3.8) is 0 Å². The largest absolute Gasteiger partial charge is 0.494 e. The van der Waals surface area contributed by atoms with Gasteiger partial charge < -0.3 is 9.64 Å². The Morgan fingerprint density at radius 3 is 2.50 bits per heavy atom. The van der Waals surface area contributed by atoms with E-state index >= 15 is 0 Å². The van der Waals surface area contributed by atoms with Crippen LogP contribution in [-0.2, 0) is 27.1 Å². The zero-order chi connectivity index (χ0) is 20.3. The lowest BCUT2D eigenvalue weighted by molar-refractivity contribution is -0.130. The average Bonchev–Trinajstić information content (AvgIpc) is 2.66. The monoisotopic (exact) mass is 402 g/mol. The molecule has 2 aromatic rings. The van der Waals surface area contributed by atoms with E-state index in [1.165, 1.54) is 4.90 Å². The zero-order valence-corrected chi connectivity index (χ0v) is 16.6. The number of ether oxygens (including phenoxy) is 1. The fraction of sp³-hybridized carbons (Fsp3) is 0.300. The van der Waals surface area contributed by atoms with E-state index in [0.29, 0.717) is 28.6 Å². The van der Waals surface area contributed by atoms with Crippen LogP contribution in [0.4, 0.5) is 0 Å². The molecule has 0 bridgehead atoms. The van der Waals surface area contributed by atoms with Gasteiger partial charge in [-0.05, 0) is 36.2 Å². The topological polar surface area (TPSA) is 84.0 Å². The molecule has 0 radical (unpaired) electrons. The van der Waals surface area contributed by atoms with Gasteiger partial charge in [-0.2, -0.15) is 0 Å². The van der Waals surface area contributed by atoms with Gasteiger partial charge in [0.05, 0.1) is 12.4 Å². The van der Waals surface area contributed by atoms with Gasteiger partial charge in [-0.25, -0.2) is 12.7 Å². The Labute approximate surface area is 164 Å². The number of hydrogen-bond donors (Lipinski definition) is 0. The molecule has 0 aliphatic carbocycles. The minimum Gasteiger partial charge on any atom is -0.494 e. The van der Waals surface area contributed by atoms with Crippen LogP contribution in [0.3, 0.4) is 0 Å². The highest BCUT2D eigenvalue weighted by Crippen LogP contribution is 2.24. The number of fused-ring (bicyclic) bond motifs is 1. The van der Waals surface area contributed by atoms with Crippen molar-refractivity contribution in [2.75, 3.05) is 20.2 Å². The molecular formula is C20H22N2O5S. The van der Waals surface area contributed by atoms with Gasteiger partial charge in [0.15, 0.2) is 0 Å². The molecule has 0 aromatic heterocycles. The number of carbonyl (C=O) groups is 2.